The third kappa shape index (κ3) is 4.60. The summed E-state index contributed by atoms with van der Waals surface area (Å²) in [6.07, 6.45) is 7.51. The van der Waals surface area contributed by atoms with Crippen molar-refractivity contribution >= 4 is 23.3 Å². The maximum absolute atomic E-state index is 12.5. The number of anilines is 2. The Bertz CT molecular complexity index is 615. The molecule has 3 atom stereocenters. The number of amides is 3. The van der Waals surface area contributed by atoms with Crippen molar-refractivity contribution in [1.82, 2.24) is 10.6 Å². The van der Waals surface area contributed by atoms with E-state index in [9.17, 15) is 9.59 Å². The number of nitrogens with one attached hydrogen (secondary N) is 4. The lowest BCUT2D eigenvalue weighted by atomic mass is 9.85. The number of carbonyl (C=O) groups excluding carboxylic acids is 2. The van der Waals surface area contributed by atoms with Gasteiger partial charge >= 0.3 is 6.03 Å². The van der Waals surface area contributed by atoms with Gasteiger partial charge in [-0.25, -0.2) is 4.79 Å². The molecule has 25 heavy (non-hydrogen) atoms. The van der Waals surface area contributed by atoms with Gasteiger partial charge in [-0.05, 0) is 49.4 Å². The first-order chi connectivity index (χ1) is 12.2. The molecule has 4 N–H and O–H groups in total. The van der Waals surface area contributed by atoms with Crippen LogP contribution in [0.25, 0.3) is 0 Å². The van der Waals surface area contributed by atoms with Crippen molar-refractivity contribution in [3.8, 4) is 0 Å². The minimum Gasteiger partial charge on any atom is -0.334 e. The smallest absolute Gasteiger partial charge is 0.319 e. The predicted molar refractivity (Wildman–Crippen MR) is 99.6 cm³/mol. The second-order valence-electron chi connectivity index (χ2n) is 6.80. The third-order valence-corrected chi connectivity index (χ3v) is 5.00. The van der Waals surface area contributed by atoms with E-state index in [1.54, 1.807) is 30.3 Å². The summed E-state index contributed by atoms with van der Waals surface area (Å²) < 4.78 is 0. The fourth-order valence-electron chi connectivity index (χ4n) is 3.73. The van der Waals surface area contributed by atoms with Crippen LogP contribution in [0.5, 0.6) is 0 Å². The van der Waals surface area contributed by atoms with Crippen LogP contribution in [0.1, 0.15) is 32.1 Å². The highest BCUT2D eigenvalue weighted by molar-refractivity contribution is 5.95. The molecule has 2 aliphatic rings. The van der Waals surface area contributed by atoms with E-state index >= 15 is 0 Å². The Morgan fingerprint density at radius 3 is 2.48 bits per heavy atom. The average Bonchev–Trinajstić information content (AvgIpc) is 3.06. The number of rotatable bonds is 5. The molecule has 0 bridgehead atoms. The standard InChI is InChI=1S/C19H26N4O2/c1-2-11-20-19(25)22-15-9-7-14(8-10-15)21-18(24)17-12-13-5-3-4-6-16(13)23-17/h2,7-10,13,16-17,23H,1,3-6,11-12H2,(H,21,24)(H2,20,22,25). The minimum absolute atomic E-state index is 0.0267. The van der Waals surface area contributed by atoms with Crippen molar-refractivity contribution in [2.45, 2.75) is 44.2 Å². The van der Waals surface area contributed by atoms with Gasteiger partial charge in [-0.2, -0.15) is 0 Å². The van der Waals surface area contributed by atoms with Crippen LogP contribution < -0.4 is 21.3 Å². The van der Waals surface area contributed by atoms with Gasteiger partial charge in [-0.3, -0.25) is 4.79 Å². The second-order valence-corrected chi connectivity index (χ2v) is 6.80. The summed E-state index contributed by atoms with van der Waals surface area (Å²) in [4.78, 5) is 24.1. The van der Waals surface area contributed by atoms with E-state index in [-0.39, 0.29) is 18.0 Å². The third-order valence-electron chi connectivity index (χ3n) is 5.00. The van der Waals surface area contributed by atoms with Gasteiger partial charge in [0.25, 0.3) is 0 Å². The van der Waals surface area contributed by atoms with Crippen molar-refractivity contribution in [3.05, 3.63) is 36.9 Å². The number of fused-ring (bicyclic) bond motifs is 1. The molecule has 3 unspecified atom stereocenters. The summed E-state index contributed by atoms with van der Waals surface area (Å²) in [5.41, 5.74) is 1.41. The van der Waals surface area contributed by atoms with E-state index in [0.29, 0.717) is 24.2 Å². The summed E-state index contributed by atoms with van der Waals surface area (Å²) in [5, 5.41) is 11.8. The zero-order valence-electron chi connectivity index (χ0n) is 14.4. The van der Waals surface area contributed by atoms with Gasteiger partial charge in [0.15, 0.2) is 0 Å². The molecule has 3 rings (SSSR count). The largest absolute Gasteiger partial charge is 0.334 e. The Kier molecular flexibility index (Phi) is 5.71. The number of hydrogen-bond acceptors (Lipinski definition) is 3. The molecule has 1 aromatic rings. The van der Waals surface area contributed by atoms with Crippen LogP contribution in [0.3, 0.4) is 0 Å². The highest BCUT2D eigenvalue weighted by Gasteiger charge is 2.38. The number of hydrogen-bond donors (Lipinski definition) is 4. The van der Waals surface area contributed by atoms with Crippen molar-refractivity contribution < 1.29 is 9.59 Å². The molecule has 2 fully saturated rings. The molecule has 6 nitrogen and oxygen atoms in total. The van der Waals surface area contributed by atoms with Crippen LogP contribution in [0.4, 0.5) is 16.2 Å². The Hall–Kier alpha value is -2.34. The number of urea groups is 1. The predicted octanol–water partition coefficient (Wildman–Crippen LogP) is 2.85. The summed E-state index contributed by atoms with van der Waals surface area (Å²) in [5.74, 6) is 0.670. The first-order valence-electron chi connectivity index (χ1n) is 8.98. The van der Waals surface area contributed by atoms with Crippen molar-refractivity contribution in [3.63, 3.8) is 0 Å². The molecule has 0 spiro atoms. The van der Waals surface area contributed by atoms with Crippen LogP contribution in [0.15, 0.2) is 36.9 Å². The highest BCUT2D eigenvalue weighted by atomic mass is 16.2. The molecule has 6 heteroatoms. The lowest BCUT2D eigenvalue weighted by molar-refractivity contribution is -0.117. The summed E-state index contributed by atoms with van der Waals surface area (Å²) in [6.45, 7) is 3.96. The fraction of sp³-hybridized carbons (Fsp3) is 0.474. The molecule has 1 heterocycles. The van der Waals surface area contributed by atoms with Crippen LogP contribution >= 0.6 is 0 Å². The van der Waals surface area contributed by atoms with E-state index in [1.165, 1.54) is 25.7 Å². The zero-order valence-corrected chi connectivity index (χ0v) is 14.4. The zero-order chi connectivity index (χ0) is 17.6. The molecule has 134 valence electrons. The van der Waals surface area contributed by atoms with Crippen molar-refractivity contribution in [2.75, 3.05) is 17.2 Å². The van der Waals surface area contributed by atoms with E-state index in [1.807, 2.05) is 0 Å². The maximum atomic E-state index is 12.5. The van der Waals surface area contributed by atoms with Crippen molar-refractivity contribution in [1.29, 1.82) is 0 Å². The first-order valence-corrected chi connectivity index (χ1v) is 8.98. The fourth-order valence-corrected chi connectivity index (χ4v) is 3.73. The van der Waals surface area contributed by atoms with Crippen LogP contribution in [-0.4, -0.2) is 30.6 Å². The molecule has 0 aromatic heterocycles. The molecular formula is C19H26N4O2. The van der Waals surface area contributed by atoms with Gasteiger partial charge in [-0.15, -0.1) is 6.58 Å². The van der Waals surface area contributed by atoms with Crippen LogP contribution in [0.2, 0.25) is 0 Å². The Morgan fingerprint density at radius 2 is 1.80 bits per heavy atom. The molecule has 1 aliphatic heterocycles. The average molecular weight is 342 g/mol. The molecular weight excluding hydrogens is 316 g/mol. The lowest BCUT2D eigenvalue weighted by Gasteiger charge is -2.24. The highest BCUT2D eigenvalue weighted by Crippen LogP contribution is 2.33. The lowest BCUT2D eigenvalue weighted by Crippen LogP contribution is -2.39. The van der Waals surface area contributed by atoms with Gasteiger partial charge in [0.1, 0.15) is 0 Å². The Balaban J connectivity index is 1.50. The molecule has 0 radical (unpaired) electrons. The van der Waals surface area contributed by atoms with E-state index in [0.717, 1.165) is 12.1 Å². The molecule has 1 aromatic carbocycles. The van der Waals surface area contributed by atoms with Gasteiger partial charge in [0.2, 0.25) is 5.91 Å². The van der Waals surface area contributed by atoms with Gasteiger partial charge < -0.3 is 21.3 Å². The maximum Gasteiger partial charge on any atom is 0.319 e. The molecule has 3 amide bonds. The number of benzene rings is 1. The summed E-state index contributed by atoms with van der Waals surface area (Å²) in [7, 11) is 0. The topological polar surface area (TPSA) is 82.3 Å². The monoisotopic (exact) mass is 342 g/mol. The Labute approximate surface area is 148 Å². The minimum atomic E-state index is -0.283. The summed E-state index contributed by atoms with van der Waals surface area (Å²) >= 11 is 0. The quantitative estimate of drug-likeness (QED) is 0.621. The normalized spacial score (nSPS) is 24.9. The van der Waals surface area contributed by atoms with Crippen LogP contribution in [-0.2, 0) is 4.79 Å². The Morgan fingerprint density at radius 1 is 1.12 bits per heavy atom. The molecule has 1 saturated carbocycles. The van der Waals surface area contributed by atoms with Gasteiger partial charge in [-0.1, -0.05) is 18.9 Å². The van der Waals surface area contributed by atoms with E-state index < -0.39 is 0 Å². The molecule has 1 aliphatic carbocycles. The summed E-state index contributed by atoms with van der Waals surface area (Å²) in [6, 6.07) is 7.25. The molecule has 1 saturated heterocycles. The van der Waals surface area contributed by atoms with E-state index in [4.69, 9.17) is 0 Å². The SMILES string of the molecule is C=CCNC(=O)Nc1ccc(NC(=O)C2CC3CCCCC3N2)cc1. The number of carbonyl (C=O) groups is 2. The van der Waals surface area contributed by atoms with Gasteiger partial charge in [0.05, 0.1) is 6.04 Å². The van der Waals surface area contributed by atoms with Crippen LogP contribution in [0, 0.1) is 5.92 Å². The van der Waals surface area contributed by atoms with E-state index in [2.05, 4.69) is 27.8 Å². The van der Waals surface area contributed by atoms with Gasteiger partial charge in [0, 0.05) is 24.0 Å². The van der Waals surface area contributed by atoms with Crippen molar-refractivity contribution in [2.24, 2.45) is 5.92 Å². The first kappa shape index (κ1) is 17.5. The second kappa shape index (κ2) is 8.16.